The molecule has 2 N–H and O–H groups in total. The van der Waals surface area contributed by atoms with Crippen LogP contribution in [0.4, 0.5) is 0 Å². The molecule has 11 heteroatoms. The van der Waals surface area contributed by atoms with E-state index >= 15 is 0 Å². The Kier molecular flexibility index (Phi) is 6.65. The number of H-pyrrole nitrogens is 1. The number of rotatable bonds is 6. The van der Waals surface area contributed by atoms with Crippen molar-refractivity contribution in [2.24, 2.45) is 5.10 Å². The molecular weight excluding hydrogens is 476 g/mol. The predicted octanol–water partition coefficient (Wildman–Crippen LogP) is 2.99. The third-order valence-electron chi connectivity index (χ3n) is 5.72. The Morgan fingerprint density at radius 3 is 2.46 bits per heavy atom. The molecule has 1 aliphatic rings. The molecule has 10 nitrogen and oxygen atoms in total. The van der Waals surface area contributed by atoms with Crippen LogP contribution in [0.15, 0.2) is 57.2 Å². The normalized spacial score (nSPS) is 15.1. The molecule has 182 valence electrons. The van der Waals surface area contributed by atoms with Gasteiger partial charge in [0.1, 0.15) is 5.56 Å². The Morgan fingerprint density at radius 2 is 1.83 bits per heavy atom. The van der Waals surface area contributed by atoms with Gasteiger partial charge in [-0.3, -0.25) is 14.6 Å². The standard InChI is InChI=1S/C24H23ClN4O6/c1-4-20(30)29-17(13-5-10-18(34-2)19(11-13)35-3)12-16(27-29)21-22(31)26-24(33)28(23(21)32)15-8-6-14(25)7-9-15/h5-11,17,32H,4,12H2,1-3H3,(H,26,31,33)/t17-/m0/s1. The van der Waals surface area contributed by atoms with Crippen LogP contribution in [0.2, 0.25) is 5.02 Å². The van der Waals surface area contributed by atoms with Crippen LogP contribution in [-0.2, 0) is 4.79 Å². The van der Waals surface area contributed by atoms with Crippen molar-refractivity contribution >= 4 is 23.2 Å². The van der Waals surface area contributed by atoms with Crippen molar-refractivity contribution in [1.82, 2.24) is 14.6 Å². The Hall–Kier alpha value is -4.05. The van der Waals surface area contributed by atoms with E-state index in [-0.39, 0.29) is 30.0 Å². The van der Waals surface area contributed by atoms with Gasteiger partial charge in [-0.15, -0.1) is 0 Å². The van der Waals surface area contributed by atoms with Crippen molar-refractivity contribution in [3.8, 4) is 23.1 Å². The molecule has 0 unspecified atom stereocenters. The lowest BCUT2D eigenvalue weighted by atomic mass is 9.98. The van der Waals surface area contributed by atoms with Crippen LogP contribution in [-0.4, -0.2) is 45.5 Å². The number of hydrogen-bond acceptors (Lipinski definition) is 7. The lowest BCUT2D eigenvalue weighted by Gasteiger charge is -2.22. The zero-order valence-corrected chi connectivity index (χ0v) is 20.0. The molecule has 1 aromatic heterocycles. The highest BCUT2D eigenvalue weighted by Crippen LogP contribution is 2.38. The maximum atomic E-state index is 12.8. The topological polar surface area (TPSA) is 126 Å². The number of nitrogens with one attached hydrogen (secondary N) is 1. The largest absolute Gasteiger partial charge is 0.493 e. The van der Waals surface area contributed by atoms with Crippen molar-refractivity contribution in [1.29, 1.82) is 0 Å². The van der Waals surface area contributed by atoms with Gasteiger partial charge >= 0.3 is 5.69 Å². The number of carbonyl (C=O) groups excluding carboxylic acids is 1. The molecule has 0 bridgehead atoms. The third-order valence-corrected chi connectivity index (χ3v) is 5.97. The molecule has 1 atom stereocenters. The number of amides is 1. The number of halogens is 1. The number of ether oxygens (including phenoxy) is 2. The first-order chi connectivity index (χ1) is 16.8. The summed E-state index contributed by atoms with van der Waals surface area (Å²) in [5.41, 5.74) is -0.677. The quantitative estimate of drug-likeness (QED) is 0.538. The van der Waals surface area contributed by atoms with Crippen LogP contribution in [0.3, 0.4) is 0 Å². The molecule has 0 saturated carbocycles. The van der Waals surface area contributed by atoms with Crippen LogP contribution in [0.5, 0.6) is 17.4 Å². The van der Waals surface area contributed by atoms with E-state index in [1.807, 2.05) is 0 Å². The summed E-state index contributed by atoms with van der Waals surface area (Å²) in [5.74, 6) is 0.130. The minimum atomic E-state index is -0.824. The van der Waals surface area contributed by atoms with E-state index in [9.17, 15) is 19.5 Å². The molecule has 2 aromatic carbocycles. The Labute approximate surface area is 205 Å². The highest BCUT2D eigenvalue weighted by atomic mass is 35.5. The van der Waals surface area contributed by atoms with E-state index in [0.29, 0.717) is 27.8 Å². The van der Waals surface area contributed by atoms with E-state index in [1.165, 1.54) is 31.4 Å². The van der Waals surface area contributed by atoms with E-state index in [0.717, 1.165) is 4.57 Å². The Bertz CT molecular complexity index is 1430. The zero-order chi connectivity index (χ0) is 25.3. The van der Waals surface area contributed by atoms with Crippen molar-refractivity contribution in [3.63, 3.8) is 0 Å². The molecule has 3 aromatic rings. The lowest BCUT2D eigenvalue weighted by Crippen LogP contribution is -2.33. The molecule has 35 heavy (non-hydrogen) atoms. The molecular formula is C24H23ClN4O6. The Balaban J connectivity index is 1.83. The van der Waals surface area contributed by atoms with Gasteiger partial charge in [0.2, 0.25) is 11.8 Å². The average Bonchev–Trinajstić information content (AvgIpc) is 3.28. The monoisotopic (exact) mass is 498 g/mol. The second-order valence-electron chi connectivity index (χ2n) is 7.74. The molecule has 0 fully saturated rings. The maximum absolute atomic E-state index is 12.8. The summed E-state index contributed by atoms with van der Waals surface area (Å²) in [4.78, 5) is 40.3. The van der Waals surface area contributed by atoms with Gasteiger partial charge in [0.05, 0.1) is 31.7 Å². The first-order valence-electron chi connectivity index (χ1n) is 10.7. The van der Waals surface area contributed by atoms with Gasteiger partial charge in [-0.25, -0.2) is 14.4 Å². The smallest absolute Gasteiger partial charge is 0.335 e. The number of carbonyl (C=O) groups is 1. The summed E-state index contributed by atoms with van der Waals surface area (Å²) in [7, 11) is 3.02. The van der Waals surface area contributed by atoms with Crippen LogP contribution >= 0.6 is 11.6 Å². The second kappa shape index (κ2) is 9.67. The fourth-order valence-corrected chi connectivity index (χ4v) is 4.11. The summed E-state index contributed by atoms with van der Waals surface area (Å²) >= 11 is 5.93. The van der Waals surface area contributed by atoms with Crippen molar-refractivity contribution in [2.75, 3.05) is 14.2 Å². The number of benzene rings is 2. The number of aromatic amines is 1. The summed E-state index contributed by atoms with van der Waals surface area (Å²) in [5, 5.41) is 17.1. The third kappa shape index (κ3) is 4.40. The highest BCUT2D eigenvalue weighted by molar-refractivity contribution is 6.30. The van der Waals surface area contributed by atoms with Crippen LogP contribution < -0.4 is 20.7 Å². The lowest BCUT2D eigenvalue weighted by molar-refractivity contribution is -0.132. The van der Waals surface area contributed by atoms with Gasteiger partial charge in [-0.05, 0) is 42.0 Å². The van der Waals surface area contributed by atoms with Gasteiger partial charge in [0.15, 0.2) is 11.5 Å². The number of nitrogens with zero attached hydrogens (tertiary/aromatic N) is 3. The van der Waals surface area contributed by atoms with E-state index in [4.69, 9.17) is 21.1 Å². The SMILES string of the molecule is CCC(=O)N1N=C(c2c(O)n(-c3ccc(Cl)cc3)c(=O)[nH]c2=O)C[C@H]1c1ccc(OC)c(OC)c1. The first-order valence-corrected chi connectivity index (χ1v) is 11.1. The van der Waals surface area contributed by atoms with Crippen molar-refractivity contribution < 1.29 is 19.4 Å². The minimum absolute atomic E-state index is 0.122. The van der Waals surface area contributed by atoms with E-state index < -0.39 is 23.2 Å². The summed E-state index contributed by atoms with van der Waals surface area (Å²) < 4.78 is 11.6. The second-order valence-corrected chi connectivity index (χ2v) is 8.18. The number of aromatic nitrogens is 2. The molecule has 0 spiro atoms. The van der Waals surface area contributed by atoms with Crippen molar-refractivity contribution in [2.45, 2.75) is 25.8 Å². The number of hydrazone groups is 1. The van der Waals surface area contributed by atoms with Crippen molar-refractivity contribution in [3.05, 3.63) is 79.5 Å². The average molecular weight is 499 g/mol. The van der Waals surface area contributed by atoms with Gasteiger partial charge in [0.25, 0.3) is 5.56 Å². The summed E-state index contributed by atoms with van der Waals surface area (Å²) in [6.07, 6.45) is 0.296. The van der Waals surface area contributed by atoms with Crippen LogP contribution in [0.25, 0.3) is 5.69 Å². The van der Waals surface area contributed by atoms with Gasteiger partial charge in [-0.2, -0.15) is 5.10 Å². The molecule has 4 rings (SSSR count). The molecule has 2 heterocycles. The predicted molar refractivity (Wildman–Crippen MR) is 130 cm³/mol. The van der Waals surface area contributed by atoms with Gasteiger partial charge in [-0.1, -0.05) is 24.6 Å². The summed E-state index contributed by atoms with van der Waals surface area (Å²) in [6, 6.07) is 10.8. The first kappa shape index (κ1) is 24.1. The van der Waals surface area contributed by atoms with Gasteiger partial charge in [0, 0.05) is 17.9 Å². The fourth-order valence-electron chi connectivity index (χ4n) is 3.99. The zero-order valence-electron chi connectivity index (χ0n) is 19.2. The molecule has 0 aliphatic carbocycles. The molecule has 1 amide bonds. The van der Waals surface area contributed by atoms with Gasteiger partial charge < -0.3 is 14.6 Å². The molecule has 0 saturated heterocycles. The van der Waals surface area contributed by atoms with E-state index in [2.05, 4.69) is 10.1 Å². The Morgan fingerprint density at radius 1 is 1.14 bits per heavy atom. The minimum Gasteiger partial charge on any atom is -0.493 e. The highest BCUT2D eigenvalue weighted by Gasteiger charge is 2.35. The summed E-state index contributed by atoms with van der Waals surface area (Å²) in [6.45, 7) is 1.70. The molecule has 0 radical (unpaired) electrons. The van der Waals surface area contributed by atoms with Crippen LogP contribution in [0.1, 0.15) is 36.9 Å². The molecule has 1 aliphatic heterocycles. The number of methoxy groups -OCH3 is 2. The van der Waals surface area contributed by atoms with Crippen LogP contribution in [0, 0.1) is 0 Å². The number of hydrogen-bond donors (Lipinski definition) is 2. The fraction of sp³-hybridized carbons (Fsp3) is 0.250. The van der Waals surface area contributed by atoms with E-state index in [1.54, 1.807) is 37.3 Å². The number of aromatic hydroxyl groups is 1. The maximum Gasteiger partial charge on any atom is 0.335 e.